The minimum Gasteiger partial charge on any atom is -0.322 e. The van der Waals surface area contributed by atoms with Crippen LogP contribution in [-0.4, -0.2) is 16.3 Å². The fourth-order valence-electron chi connectivity index (χ4n) is 2.52. The van der Waals surface area contributed by atoms with Gasteiger partial charge in [0.05, 0.1) is 5.56 Å². The Labute approximate surface area is 111 Å². The number of rotatable bonds is 2. The number of nitrogens with one attached hydrogen (secondary N) is 1. The van der Waals surface area contributed by atoms with E-state index in [9.17, 15) is 9.59 Å². The Hall–Kier alpha value is -2.36. The standard InChI is InChI=1S/C15H14N2O2/c1-9-10(2)17-8-12(18)16-15(17)13(9)14(19)11-6-4-3-5-7-11/h3-7H,8H2,1-2H3,(H,16,18). The largest absolute Gasteiger partial charge is 0.322 e. The second-order valence-corrected chi connectivity index (χ2v) is 4.76. The van der Waals surface area contributed by atoms with Crippen LogP contribution in [0.2, 0.25) is 0 Å². The Balaban J connectivity index is 2.15. The van der Waals surface area contributed by atoms with Gasteiger partial charge in [-0.1, -0.05) is 30.3 Å². The molecule has 1 amide bonds. The first kappa shape index (κ1) is 11.7. The van der Waals surface area contributed by atoms with Crippen LogP contribution in [-0.2, 0) is 11.3 Å². The van der Waals surface area contributed by atoms with Gasteiger partial charge in [-0.3, -0.25) is 9.59 Å². The van der Waals surface area contributed by atoms with Crippen LogP contribution in [0.4, 0.5) is 5.82 Å². The summed E-state index contributed by atoms with van der Waals surface area (Å²) in [6.45, 7) is 4.15. The molecule has 0 spiro atoms. The molecule has 96 valence electrons. The summed E-state index contributed by atoms with van der Waals surface area (Å²) in [6, 6.07) is 9.13. The molecule has 0 saturated heterocycles. The maximum Gasteiger partial charge on any atom is 0.245 e. The van der Waals surface area contributed by atoms with Gasteiger partial charge in [-0.25, -0.2) is 0 Å². The zero-order valence-electron chi connectivity index (χ0n) is 10.9. The Bertz CT molecular complexity index is 684. The van der Waals surface area contributed by atoms with Crippen LogP contribution >= 0.6 is 0 Å². The zero-order valence-corrected chi connectivity index (χ0v) is 10.9. The van der Waals surface area contributed by atoms with Gasteiger partial charge in [0, 0.05) is 11.3 Å². The highest BCUT2D eigenvalue weighted by Crippen LogP contribution is 2.31. The fourth-order valence-corrected chi connectivity index (χ4v) is 2.52. The molecule has 0 bridgehead atoms. The van der Waals surface area contributed by atoms with Crippen LogP contribution in [0, 0.1) is 13.8 Å². The minimum atomic E-state index is -0.0692. The molecule has 1 aromatic heterocycles. The molecular weight excluding hydrogens is 240 g/mol. The molecule has 1 aliphatic rings. The van der Waals surface area contributed by atoms with Crippen molar-refractivity contribution in [1.29, 1.82) is 0 Å². The zero-order chi connectivity index (χ0) is 13.6. The van der Waals surface area contributed by atoms with E-state index in [0.29, 0.717) is 23.5 Å². The molecular formula is C15H14N2O2. The van der Waals surface area contributed by atoms with Gasteiger partial charge in [-0.05, 0) is 19.4 Å². The lowest BCUT2D eigenvalue weighted by Crippen LogP contribution is -2.10. The number of aromatic nitrogens is 1. The quantitative estimate of drug-likeness (QED) is 0.836. The number of amides is 1. The van der Waals surface area contributed by atoms with Gasteiger partial charge in [0.2, 0.25) is 5.91 Å². The van der Waals surface area contributed by atoms with Crippen molar-refractivity contribution in [1.82, 2.24) is 4.57 Å². The molecule has 1 N–H and O–H groups in total. The molecule has 4 heteroatoms. The first-order valence-electron chi connectivity index (χ1n) is 6.19. The molecule has 1 aromatic carbocycles. The predicted octanol–water partition coefficient (Wildman–Crippen LogP) is 2.29. The van der Waals surface area contributed by atoms with Crippen molar-refractivity contribution >= 4 is 17.5 Å². The summed E-state index contributed by atoms with van der Waals surface area (Å²) >= 11 is 0. The molecule has 0 saturated carbocycles. The van der Waals surface area contributed by atoms with Crippen LogP contribution in [0.3, 0.4) is 0 Å². The Morgan fingerprint density at radius 2 is 1.89 bits per heavy atom. The summed E-state index contributed by atoms with van der Waals surface area (Å²) in [5, 5.41) is 2.78. The number of carbonyl (C=O) groups excluding carboxylic acids is 2. The third-order valence-corrected chi connectivity index (χ3v) is 3.65. The van der Waals surface area contributed by atoms with E-state index in [0.717, 1.165) is 11.3 Å². The summed E-state index contributed by atoms with van der Waals surface area (Å²) < 4.78 is 1.87. The van der Waals surface area contributed by atoms with E-state index in [1.807, 2.05) is 36.6 Å². The van der Waals surface area contributed by atoms with Gasteiger partial charge in [-0.15, -0.1) is 0 Å². The van der Waals surface area contributed by atoms with Crippen LogP contribution in [0.5, 0.6) is 0 Å². The van der Waals surface area contributed by atoms with E-state index < -0.39 is 0 Å². The van der Waals surface area contributed by atoms with Crippen molar-refractivity contribution in [3.8, 4) is 0 Å². The summed E-state index contributed by atoms with van der Waals surface area (Å²) in [5.41, 5.74) is 3.14. The van der Waals surface area contributed by atoms with Gasteiger partial charge >= 0.3 is 0 Å². The second kappa shape index (κ2) is 4.09. The molecule has 19 heavy (non-hydrogen) atoms. The number of benzene rings is 1. The van der Waals surface area contributed by atoms with Crippen LogP contribution in [0.15, 0.2) is 30.3 Å². The van der Waals surface area contributed by atoms with Gasteiger partial charge in [0.25, 0.3) is 0 Å². The van der Waals surface area contributed by atoms with Crippen molar-refractivity contribution in [2.45, 2.75) is 20.4 Å². The monoisotopic (exact) mass is 254 g/mol. The highest BCUT2D eigenvalue weighted by molar-refractivity contribution is 6.15. The lowest BCUT2D eigenvalue weighted by atomic mass is 10.0. The number of ketones is 1. The van der Waals surface area contributed by atoms with Gasteiger partial charge in [0.1, 0.15) is 12.4 Å². The molecule has 0 atom stereocenters. The average molecular weight is 254 g/mol. The van der Waals surface area contributed by atoms with E-state index in [2.05, 4.69) is 5.32 Å². The van der Waals surface area contributed by atoms with Crippen molar-refractivity contribution in [2.75, 3.05) is 5.32 Å². The Morgan fingerprint density at radius 1 is 1.21 bits per heavy atom. The third-order valence-electron chi connectivity index (χ3n) is 3.65. The van der Waals surface area contributed by atoms with Crippen molar-refractivity contribution in [2.24, 2.45) is 0 Å². The van der Waals surface area contributed by atoms with Crippen LogP contribution in [0.25, 0.3) is 0 Å². The fraction of sp³-hybridized carbons (Fsp3) is 0.200. The molecule has 0 radical (unpaired) electrons. The number of carbonyl (C=O) groups is 2. The number of fused-ring (bicyclic) bond motifs is 1. The molecule has 4 nitrogen and oxygen atoms in total. The molecule has 2 aromatic rings. The number of nitrogens with zero attached hydrogens (tertiary/aromatic N) is 1. The SMILES string of the molecule is Cc1c(C(=O)c2ccccc2)c2n(c1C)CC(=O)N2. The summed E-state index contributed by atoms with van der Waals surface area (Å²) in [4.78, 5) is 24.1. The van der Waals surface area contributed by atoms with E-state index in [1.165, 1.54) is 0 Å². The van der Waals surface area contributed by atoms with Gasteiger partial charge in [0.15, 0.2) is 5.78 Å². The normalized spacial score (nSPS) is 13.3. The number of anilines is 1. The summed E-state index contributed by atoms with van der Waals surface area (Å²) in [5.74, 6) is 0.520. The van der Waals surface area contributed by atoms with E-state index in [4.69, 9.17) is 0 Å². The first-order chi connectivity index (χ1) is 9.09. The van der Waals surface area contributed by atoms with Crippen LogP contribution in [0.1, 0.15) is 27.2 Å². The topological polar surface area (TPSA) is 51.1 Å². The number of hydrogen-bond acceptors (Lipinski definition) is 2. The van der Waals surface area contributed by atoms with Crippen molar-refractivity contribution in [3.05, 3.63) is 52.7 Å². The molecule has 1 aliphatic heterocycles. The second-order valence-electron chi connectivity index (χ2n) is 4.76. The maximum absolute atomic E-state index is 12.6. The lowest BCUT2D eigenvalue weighted by Gasteiger charge is -2.03. The third kappa shape index (κ3) is 1.68. The lowest BCUT2D eigenvalue weighted by molar-refractivity contribution is -0.115. The number of hydrogen-bond donors (Lipinski definition) is 1. The molecule has 0 aliphatic carbocycles. The summed E-state index contributed by atoms with van der Waals surface area (Å²) in [6.07, 6.45) is 0. The Morgan fingerprint density at radius 3 is 2.58 bits per heavy atom. The highest BCUT2D eigenvalue weighted by atomic mass is 16.2. The van der Waals surface area contributed by atoms with E-state index in [1.54, 1.807) is 12.1 Å². The van der Waals surface area contributed by atoms with Gasteiger partial charge in [-0.2, -0.15) is 0 Å². The van der Waals surface area contributed by atoms with Gasteiger partial charge < -0.3 is 9.88 Å². The molecule has 3 rings (SSSR count). The maximum atomic E-state index is 12.6. The minimum absolute atomic E-state index is 0.0443. The Kier molecular flexibility index (Phi) is 2.52. The molecule has 2 heterocycles. The molecule has 0 unspecified atom stereocenters. The summed E-state index contributed by atoms with van der Waals surface area (Å²) in [7, 11) is 0. The smallest absolute Gasteiger partial charge is 0.245 e. The van der Waals surface area contributed by atoms with E-state index in [-0.39, 0.29) is 11.7 Å². The van der Waals surface area contributed by atoms with Crippen molar-refractivity contribution < 1.29 is 9.59 Å². The average Bonchev–Trinajstić information content (AvgIpc) is 2.89. The predicted molar refractivity (Wildman–Crippen MR) is 72.4 cm³/mol. The van der Waals surface area contributed by atoms with E-state index >= 15 is 0 Å². The van der Waals surface area contributed by atoms with Crippen molar-refractivity contribution in [3.63, 3.8) is 0 Å². The first-order valence-corrected chi connectivity index (χ1v) is 6.19. The highest BCUT2D eigenvalue weighted by Gasteiger charge is 2.29. The molecule has 0 fully saturated rings. The van der Waals surface area contributed by atoms with Crippen LogP contribution < -0.4 is 5.32 Å².